The van der Waals surface area contributed by atoms with E-state index in [0.717, 1.165) is 19.3 Å². The van der Waals surface area contributed by atoms with Crippen LogP contribution in [0.2, 0.25) is 0 Å². The Labute approximate surface area is 136 Å². The van der Waals surface area contributed by atoms with Crippen LogP contribution in [-0.4, -0.2) is 17.5 Å². The van der Waals surface area contributed by atoms with Gasteiger partial charge in [0, 0.05) is 38.0 Å². The summed E-state index contributed by atoms with van der Waals surface area (Å²) in [6, 6.07) is 0. The molecule has 23 heavy (non-hydrogen) atoms. The molecule has 0 bridgehead atoms. The fourth-order valence-corrected chi connectivity index (χ4v) is 6.89. The third-order valence-corrected chi connectivity index (χ3v) is 7.85. The van der Waals surface area contributed by atoms with Crippen molar-refractivity contribution >= 4 is 11.6 Å². The Morgan fingerprint density at radius 2 is 1.87 bits per heavy atom. The molecule has 4 aliphatic rings. The predicted octanol–water partition coefficient (Wildman–Crippen LogP) is 4.41. The van der Waals surface area contributed by atoms with Gasteiger partial charge in [-0.05, 0) is 47.8 Å². The van der Waals surface area contributed by atoms with Crippen LogP contribution in [0.15, 0.2) is 0 Å². The minimum Gasteiger partial charge on any atom is -0.300 e. The van der Waals surface area contributed by atoms with Crippen molar-refractivity contribution in [1.82, 2.24) is 0 Å². The van der Waals surface area contributed by atoms with Gasteiger partial charge < -0.3 is 0 Å². The molecular formula is C19H26F2O2. The molecule has 6 atom stereocenters. The van der Waals surface area contributed by atoms with Crippen molar-refractivity contribution in [1.29, 1.82) is 0 Å². The Kier molecular flexibility index (Phi) is 3.17. The molecule has 4 saturated carbocycles. The van der Waals surface area contributed by atoms with E-state index in [-0.39, 0.29) is 47.7 Å². The number of carbonyl (C=O) groups excluding carboxylic acids is 2. The highest BCUT2D eigenvalue weighted by Crippen LogP contribution is 2.66. The summed E-state index contributed by atoms with van der Waals surface area (Å²) in [5, 5.41) is 0. The summed E-state index contributed by atoms with van der Waals surface area (Å²) in [5.41, 5.74) is -0.664. The van der Waals surface area contributed by atoms with Gasteiger partial charge >= 0.3 is 0 Å². The molecule has 0 aromatic heterocycles. The van der Waals surface area contributed by atoms with E-state index >= 15 is 0 Å². The van der Waals surface area contributed by atoms with Crippen LogP contribution in [0.1, 0.15) is 65.2 Å². The smallest absolute Gasteiger partial charge is 0.249 e. The molecule has 0 spiro atoms. The number of ketones is 2. The van der Waals surface area contributed by atoms with Crippen LogP contribution >= 0.6 is 0 Å². The summed E-state index contributed by atoms with van der Waals surface area (Å²) < 4.78 is 28.2. The summed E-state index contributed by atoms with van der Waals surface area (Å²) in [7, 11) is 0. The molecule has 4 aliphatic carbocycles. The van der Waals surface area contributed by atoms with Crippen molar-refractivity contribution in [3.05, 3.63) is 0 Å². The van der Waals surface area contributed by atoms with Crippen LogP contribution in [0.3, 0.4) is 0 Å². The molecule has 128 valence electrons. The van der Waals surface area contributed by atoms with E-state index in [1.807, 2.05) is 6.92 Å². The standard InChI is InChI=1S/C19H26F2O2/c1-17-9-15(23)16-13(14(17)8-19(20,21)10-17)4-3-11-7-12(22)5-6-18(11,16)2/h11,13-14,16H,3-10H2,1-2H3/t11-,13-,14-,16+,17+,18-/m0/s1. The van der Waals surface area contributed by atoms with E-state index in [1.165, 1.54) is 0 Å². The van der Waals surface area contributed by atoms with E-state index in [1.54, 1.807) is 0 Å². The predicted molar refractivity (Wildman–Crippen MR) is 82.1 cm³/mol. The molecule has 0 radical (unpaired) electrons. The molecule has 2 nitrogen and oxygen atoms in total. The number of hydrogen-bond donors (Lipinski definition) is 0. The maximum atomic E-state index is 14.1. The molecule has 4 heteroatoms. The van der Waals surface area contributed by atoms with Gasteiger partial charge in [-0.2, -0.15) is 0 Å². The first-order chi connectivity index (χ1) is 10.6. The van der Waals surface area contributed by atoms with Crippen LogP contribution in [0.25, 0.3) is 0 Å². The van der Waals surface area contributed by atoms with Gasteiger partial charge in [-0.15, -0.1) is 0 Å². The van der Waals surface area contributed by atoms with E-state index in [4.69, 9.17) is 0 Å². The zero-order valence-corrected chi connectivity index (χ0v) is 14.0. The lowest BCUT2D eigenvalue weighted by Crippen LogP contribution is -2.56. The Balaban J connectivity index is 1.70. The SMILES string of the molecule is C[C@]12CC(=O)[C@H]3[C@@H](CC[C@H]4CC(=O)CC[C@@]43C)[C@@H]1CC(F)(F)C2. The van der Waals surface area contributed by atoms with Crippen molar-refractivity contribution in [3.63, 3.8) is 0 Å². The number of fused-ring (bicyclic) bond motifs is 5. The molecule has 0 amide bonds. The van der Waals surface area contributed by atoms with Crippen LogP contribution in [-0.2, 0) is 9.59 Å². The topological polar surface area (TPSA) is 34.1 Å². The number of hydrogen-bond acceptors (Lipinski definition) is 2. The van der Waals surface area contributed by atoms with Crippen LogP contribution < -0.4 is 0 Å². The Morgan fingerprint density at radius 3 is 2.61 bits per heavy atom. The number of halogens is 2. The highest BCUT2D eigenvalue weighted by atomic mass is 19.3. The molecule has 0 unspecified atom stereocenters. The quantitative estimate of drug-likeness (QED) is 0.661. The molecule has 0 saturated heterocycles. The lowest BCUT2D eigenvalue weighted by Gasteiger charge is -2.58. The Hall–Kier alpha value is -0.800. The molecule has 0 aliphatic heterocycles. The molecule has 0 N–H and O–H groups in total. The van der Waals surface area contributed by atoms with Crippen LogP contribution in [0, 0.1) is 34.5 Å². The first kappa shape index (κ1) is 15.7. The summed E-state index contributed by atoms with van der Waals surface area (Å²) in [5.74, 6) is -1.85. The van der Waals surface area contributed by atoms with E-state index < -0.39 is 11.3 Å². The second-order valence-electron chi connectivity index (χ2n) is 9.30. The van der Waals surface area contributed by atoms with Crippen LogP contribution in [0.4, 0.5) is 8.78 Å². The molecule has 0 aromatic rings. The lowest BCUT2D eigenvalue weighted by atomic mass is 9.45. The minimum atomic E-state index is -2.62. The van der Waals surface area contributed by atoms with Gasteiger partial charge in [0.2, 0.25) is 5.92 Å². The highest BCUT2D eigenvalue weighted by molar-refractivity contribution is 5.85. The second kappa shape index (κ2) is 4.64. The summed E-state index contributed by atoms with van der Waals surface area (Å²) in [6.07, 6.45) is 3.82. The number of Topliss-reactive ketones (excluding diaryl/α,β-unsaturated/α-hetero) is 2. The van der Waals surface area contributed by atoms with E-state index in [2.05, 4.69) is 6.92 Å². The fourth-order valence-electron chi connectivity index (χ4n) is 6.89. The zero-order valence-electron chi connectivity index (χ0n) is 14.0. The third kappa shape index (κ3) is 2.16. The van der Waals surface area contributed by atoms with Gasteiger partial charge in [-0.3, -0.25) is 9.59 Å². The molecular weight excluding hydrogens is 298 g/mol. The second-order valence-corrected chi connectivity index (χ2v) is 9.30. The van der Waals surface area contributed by atoms with Crippen molar-refractivity contribution in [3.8, 4) is 0 Å². The number of rotatable bonds is 0. The van der Waals surface area contributed by atoms with Crippen LogP contribution in [0.5, 0.6) is 0 Å². The normalized spacial score (nSPS) is 51.8. The summed E-state index contributed by atoms with van der Waals surface area (Å²) in [6.45, 7) is 4.07. The van der Waals surface area contributed by atoms with E-state index in [9.17, 15) is 18.4 Å². The fraction of sp³-hybridized carbons (Fsp3) is 0.895. The molecule has 4 rings (SSSR count). The average molecular weight is 324 g/mol. The van der Waals surface area contributed by atoms with E-state index in [0.29, 0.717) is 25.0 Å². The van der Waals surface area contributed by atoms with Gasteiger partial charge in [0.15, 0.2) is 0 Å². The molecule has 0 aromatic carbocycles. The maximum absolute atomic E-state index is 14.1. The number of carbonyl (C=O) groups is 2. The monoisotopic (exact) mass is 324 g/mol. The first-order valence-corrected chi connectivity index (χ1v) is 9.07. The summed E-state index contributed by atoms with van der Waals surface area (Å²) in [4.78, 5) is 24.8. The largest absolute Gasteiger partial charge is 0.300 e. The van der Waals surface area contributed by atoms with Crippen molar-refractivity contribution < 1.29 is 18.4 Å². The van der Waals surface area contributed by atoms with Gasteiger partial charge in [0.1, 0.15) is 11.6 Å². The van der Waals surface area contributed by atoms with Crippen molar-refractivity contribution in [2.24, 2.45) is 34.5 Å². The van der Waals surface area contributed by atoms with Gasteiger partial charge in [0.05, 0.1) is 0 Å². The maximum Gasteiger partial charge on any atom is 0.249 e. The third-order valence-electron chi connectivity index (χ3n) is 7.85. The first-order valence-electron chi connectivity index (χ1n) is 9.07. The van der Waals surface area contributed by atoms with Gasteiger partial charge in [-0.1, -0.05) is 13.8 Å². The highest BCUT2D eigenvalue weighted by Gasteiger charge is 2.65. The zero-order chi connectivity index (χ0) is 16.6. The summed E-state index contributed by atoms with van der Waals surface area (Å²) >= 11 is 0. The van der Waals surface area contributed by atoms with Gasteiger partial charge in [-0.25, -0.2) is 8.78 Å². The molecule has 4 fully saturated rings. The Bertz CT molecular complexity index is 572. The Morgan fingerprint density at radius 1 is 1.13 bits per heavy atom. The number of alkyl halides is 2. The average Bonchev–Trinajstić information content (AvgIpc) is 2.67. The minimum absolute atomic E-state index is 0.0318. The van der Waals surface area contributed by atoms with Gasteiger partial charge in [0.25, 0.3) is 0 Å². The molecule has 0 heterocycles. The lowest BCUT2D eigenvalue weighted by molar-refractivity contribution is -0.158. The van der Waals surface area contributed by atoms with Crippen molar-refractivity contribution in [2.75, 3.05) is 0 Å². The van der Waals surface area contributed by atoms with Crippen molar-refractivity contribution in [2.45, 2.75) is 71.1 Å².